The van der Waals surface area contributed by atoms with E-state index >= 15 is 0 Å². The first kappa shape index (κ1) is 24.0. The lowest BCUT2D eigenvalue weighted by molar-refractivity contribution is -0.137. The summed E-state index contributed by atoms with van der Waals surface area (Å²) in [4.78, 5) is 34.9. The molecule has 0 aliphatic carbocycles. The van der Waals surface area contributed by atoms with Crippen molar-refractivity contribution in [1.82, 2.24) is 0 Å². The summed E-state index contributed by atoms with van der Waals surface area (Å²) in [6.45, 7) is 2.06. The van der Waals surface area contributed by atoms with E-state index in [0.29, 0.717) is 6.42 Å². The number of carboxylic acid groups (broad SMARTS) is 1. The van der Waals surface area contributed by atoms with Gasteiger partial charge < -0.3 is 5.11 Å². The van der Waals surface area contributed by atoms with E-state index in [2.05, 4.69) is 6.92 Å². The number of nitrogens with one attached hydrogen (secondary N) is 3. The number of hydrogen-bond acceptors (Lipinski definition) is 7. The van der Waals surface area contributed by atoms with E-state index < -0.39 is 5.97 Å². The monoisotopic (exact) mass is 245 g/mol. The first-order chi connectivity index (χ1) is 8.01. The highest BCUT2D eigenvalue weighted by Gasteiger charge is 1.92. The fraction of sp³-hybridized carbons (Fsp3) is 0.556. The Bertz CT molecular complexity index is 231. The maximum Gasteiger partial charge on any atom is 0.303 e. The quantitative estimate of drug-likeness (QED) is 0.333. The van der Waals surface area contributed by atoms with E-state index in [1.165, 1.54) is 0 Å². The number of unbranched alkanes of at least 4 members (excludes halogenated alkanes) is 2. The third-order valence-electron chi connectivity index (χ3n) is 0.994. The van der Waals surface area contributed by atoms with Gasteiger partial charge in [-0.1, -0.05) is 19.8 Å². The van der Waals surface area contributed by atoms with Crippen molar-refractivity contribution in [2.45, 2.75) is 32.6 Å². The zero-order valence-corrected chi connectivity index (χ0v) is 9.41. The molecule has 0 fully saturated rings. The van der Waals surface area contributed by atoms with Gasteiger partial charge in [0.25, 0.3) is 0 Å². The van der Waals surface area contributed by atoms with Crippen molar-refractivity contribution in [3.8, 4) is 0 Å². The molecular weight excluding hydrogens is 230 g/mol. The normalized spacial score (nSPS) is 5.71. The van der Waals surface area contributed by atoms with E-state index in [-0.39, 0.29) is 0 Å². The second kappa shape index (κ2) is 37.4. The molecule has 8 heteroatoms. The second-order valence-corrected chi connectivity index (χ2v) is 2.16. The predicted molar refractivity (Wildman–Crippen MR) is 57.0 cm³/mol. The number of hydrogen-bond donors (Lipinski definition) is 4. The minimum Gasteiger partial charge on any atom is -0.481 e. The van der Waals surface area contributed by atoms with Crippen LogP contribution in [0.3, 0.4) is 0 Å². The van der Waals surface area contributed by atoms with E-state index in [1.807, 2.05) is 0 Å². The van der Waals surface area contributed by atoms with Gasteiger partial charge in [0.05, 0.1) is 0 Å². The molecule has 0 spiro atoms. The molecule has 17 heavy (non-hydrogen) atoms. The summed E-state index contributed by atoms with van der Waals surface area (Å²) in [7, 11) is 0. The van der Waals surface area contributed by atoms with Crippen molar-refractivity contribution in [2.75, 3.05) is 0 Å². The van der Waals surface area contributed by atoms with Crippen LogP contribution in [0.2, 0.25) is 0 Å². The Labute approximate surface area is 98.2 Å². The molecule has 4 N–H and O–H groups in total. The van der Waals surface area contributed by atoms with Crippen molar-refractivity contribution in [3.05, 3.63) is 0 Å². The van der Waals surface area contributed by atoms with Crippen molar-refractivity contribution < 1.29 is 24.3 Å². The highest BCUT2D eigenvalue weighted by molar-refractivity contribution is 5.66. The topological polar surface area (TPSA) is 160 Å². The highest BCUT2D eigenvalue weighted by Crippen LogP contribution is 1.97. The number of carbonyl (C=O) groups is 1. The standard InChI is InChI=1S/C6H12O2.3CHNO/c1-2-3-4-5-6(7)8;3*2-1-3/h2-5H2,1H3,(H,7,8);3*2H. The number of isocyanates is 3. The van der Waals surface area contributed by atoms with Crippen molar-refractivity contribution in [3.63, 3.8) is 0 Å². The lowest BCUT2D eigenvalue weighted by Gasteiger charge is -1.89. The smallest absolute Gasteiger partial charge is 0.303 e. The minimum atomic E-state index is -0.682. The summed E-state index contributed by atoms with van der Waals surface area (Å²) >= 11 is 0. The van der Waals surface area contributed by atoms with Crippen molar-refractivity contribution in [1.29, 1.82) is 16.2 Å². The number of aliphatic carboxylic acids is 1. The Morgan fingerprint density at radius 1 is 1.00 bits per heavy atom. The van der Waals surface area contributed by atoms with E-state index in [1.54, 1.807) is 0 Å². The molecule has 0 aromatic heterocycles. The third kappa shape index (κ3) is 269. The Kier molecular flexibility index (Phi) is 52.8. The van der Waals surface area contributed by atoms with Gasteiger partial charge in [-0.2, -0.15) is 0 Å². The summed E-state index contributed by atoms with van der Waals surface area (Å²) < 4.78 is 0. The molecule has 0 unspecified atom stereocenters. The van der Waals surface area contributed by atoms with Gasteiger partial charge in [0.15, 0.2) is 0 Å². The molecule has 96 valence electrons. The van der Waals surface area contributed by atoms with Crippen LogP contribution in [-0.2, 0) is 19.2 Å². The molecule has 8 nitrogen and oxygen atoms in total. The zero-order valence-electron chi connectivity index (χ0n) is 9.41. The Balaban J connectivity index is -0.0000000784. The molecule has 0 saturated carbocycles. The minimum absolute atomic E-state index is 0.327. The van der Waals surface area contributed by atoms with Crippen LogP contribution in [0.25, 0.3) is 0 Å². The number of carbonyl (C=O) groups excluding carboxylic acids is 3. The van der Waals surface area contributed by atoms with Gasteiger partial charge in [0, 0.05) is 6.42 Å². The van der Waals surface area contributed by atoms with Gasteiger partial charge in [0.2, 0.25) is 18.2 Å². The van der Waals surface area contributed by atoms with E-state index in [9.17, 15) is 4.79 Å². The van der Waals surface area contributed by atoms with Gasteiger partial charge in [-0.25, -0.2) is 30.6 Å². The van der Waals surface area contributed by atoms with Crippen LogP contribution in [-0.4, -0.2) is 29.3 Å². The third-order valence-corrected chi connectivity index (χ3v) is 0.994. The maximum atomic E-state index is 9.87. The summed E-state index contributed by atoms with van der Waals surface area (Å²) in [5.74, 6) is -0.682. The van der Waals surface area contributed by atoms with Crippen molar-refractivity contribution in [2.24, 2.45) is 0 Å². The zero-order chi connectivity index (χ0) is 14.5. The average molecular weight is 245 g/mol. The molecule has 0 radical (unpaired) electrons. The lowest BCUT2D eigenvalue weighted by Crippen LogP contribution is -1.92. The highest BCUT2D eigenvalue weighted by atomic mass is 16.4. The molecular formula is C9H15N3O5. The van der Waals surface area contributed by atoms with Crippen LogP contribution < -0.4 is 0 Å². The van der Waals surface area contributed by atoms with Crippen LogP contribution in [0.15, 0.2) is 0 Å². The fourth-order valence-corrected chi connectivity index (χ4v) is 0.526. The van der Waals surface area contributed by atoms with Crippen LogP contribution in [0.5, 0.6) is 0 Å². The molecule has 0 heterocycles. The van der Waals surface area contributed by atoms with Crippen LogP contribution in [0, 0.1) is 16.2 Å². The molecule has 0 bridgehead atoms. The molecule has 0 aromatic carbocycles. The number of rotatable bonds is 4. The van der Waals surface area contributed by atoms with E-state index in [0.717, 1.165) is 37.5 Å². The molecule has 0 aromatic rings. The lowest BCUT2D eigenvalue weighted by atomic mass is 10.2. The summed E-state index contributed by atoms with van der Waals surface area (Å²) in [5.41, 5.74) is 0. The van der Waals surface area contributed by atoms with Crippen molar-refractivity contribution >= 4 is 24.2 Å². The maximum absolute atomic E-state index is 9.87. The van der Waals surface area contributed by atoms with Gasteiger partial charge in [-0.05, 0) is 6.42 Å². The largest absolute Gasteiger partial charge is 0.481 e. The van der Waals surface area contributed by atoms with Crippen LogP contribution in [0.1, 0.15) is 32.6 Å². The SMILES string of the molecule is CCCCCC(=O)O.N=C=O.N=C=O.N=C=O. The Morgan fingerprint density at radius 3 is 1.47 bits per heavy atom. The first-order valence-electron chi connectivity index (χ1n) is 4.35. The molecule has 0 amide bonds. The summed E-state index contributed by atoms with van der Waals surface area (Å²) in [5, 5.41) is 24.3. The molecule has 0 saturated heterocycles. The fourth-order valence-electron chi connectivity index (χ4n) is 0.526. The van der Waals surface area contributed by atoms with Crippen LogP contribution >= 0.6 is 0 Å². The number of carboxylic acids is 1. The Morgan fingerprint density at radius 2 is 1.29 bits per heavy atom. The van der Waals surface area contributed by atoms with Gasteiger partial charge >= 0.3 is 5.97 Å². The van der Waals surface area contributed by atoms with Gasteiger partial charge in [0.1, 0.15) is 0 Å². The van der Waals surface area contributed by atoms with Gasteiger partial charge in [-0.3, -0.25) is 4.79 Å². The molecule has 0 aliphatic rings. The van der Waals surface area contributed by atoms with Crippen LogP contribution in [0.4, 0.5) is 0 Å². The molecule has 0 atom stereocenters. The average Bonchev–Trinajstić information content (AvgIpc) is 2.21. The molecule has 0 aliphatic heterocycles. The summed E-state index contributed by atoms with van der Waals surface area (Å²) in [6, 6.07) is 0. The van der Waals surface area contributed by atoms with E-state index in [4.69, 9.17) is 35.7 Å². The first-order valence-corrected chi connectivity index (χ1v) is 4.35. The molecule has 0 rings (SSSR count). The summed E-state index contributed by atoms with van der Waals surface area (Å²) in [6.07, 6.45) is 5.53. The predicted octanol–water partition coefficient (Wildman–Crippen LogP) is 1.35. The Hall–Kier alpha value is -2.39. The van der Waals surface area contributed by atoms with Gasteiger partial charge in [-0.15, -0.1) is 0 Å². The second-order valence-electron chi connectivity index (χ2n) is 2.16.